The van der Waals surface area contributed by atoms with Crippen molar-refractivity contribution < 1.29 is 10.2 Å². The first-order chi connectivity index (χ1) is 12.4. The Morgan fingerprint density at radius 2 is 1.19 bits per heavy atom. The molecule has 0 heterocycles. The first-order valence-electron chi connectivity index (χ1n) is 10.1. The topological polar surface area (TPSA) is 40.5 Å². The molecule has 148 valence electrons. The zero-order valence-electron chi connectivity index (χ0n) is 18.3. The highest BCUT2D eigenvalue weighted by Gasteiger charge is 2.25. The van der Waals surface area contributed by atoms with Gasteiger partial charge in [0.1, 0.15) is 11.5 Å². The average molecular weight is 369 g/mol. The number of aryl methyl sites for hydroxylation is 2. The quantitative estimate of drug-likeness (QED) is 0.655. The van der Waals surface area contributed by atoms with Gasteiger partial charge in [-0.2, -0.15) is 0 Å². The molecular weight excluding hydrogens is 332 g/mol. The molecule has 0 atom stereocenters. The molecule has 2 aromatic carbocycles. The fourth-order valence-corrected chi connectivity index (χ4v) is 3.53. The molecule has 0 bridgehead atoms. The Labute approximate surface area is 165 Å². The number of phenolic OH excluding ortho intramolecular Hbond substituents is 2. The van der Waals surface area contributed by atoms with Crippen molar-refractivity contribution in [3.8, 4) is 11.5 Å². The molecule has 0 aliphatic rings. The molecule has 2 N–H and O–H groups in total. The number of rotatable bonds is 4. The molecule has 0 aliphatic heterocycles. The molecule has 2 aromatic rings. The molecule has 0 fully saturated rings. The van der Waals surface area contributed by atoms with E-state index in [-0.39, 0.29) is 10.8 Å². The molecule has 2 rings (SSSR count). The zero-order valence-corrected chi connectivity index (χ0v) is 18.3. The van der Waals surface area contributed by atoms with Crippen LogP contribution in [0.1, 0.15) is 88.8 Å². The first-order valence-corrected chi connectivity index (χ1v) is 10.1. The molecule has 0 aliphatic carbocycles. The van der Waals surface area contributed by atoms with Crippen LogP contribution in [0.3, 0.4) is 0 Å². The van der Waals surface area contributed by atoms with Gasteiger partial charge in [0.15, 0.2) is 0 Å². The molecule has 0 radical (unpaired) electrons. The van der Waals surface area contributed by atoms with Crippen molar-refractivity contribution in [1.82, 2.24) is 0 Å². The molecule has 0 saturated carbocycles. The number of hydrogen-bond donors (Lipinski definition) is 2. The molecule has 2 heteroatoms. The summed E-state index contributed by atoms with van der Waals surface area (Å²) in [7, 11) is 0. The summed E-state index contributed by atoms with van der Waals surface area (Å²) in [6.07, 6.45) is 2.26. The highest BCUT2D eigenvalue weighted by atomic mass is 16.3. The normalized spacial score (nSPS) is 12.4. The van der Waals surface area contributed by atoms with E-state index in [9.17, 15) is 10.2 Å². The van der Waals surface area contributed by atoms with Gasteiger partial charge in [-0.3, -0.25) is 0 Å². The van der Waals surface area contributed by atoms with Crippen molar-refractivity contribution in [2.24, 2.45) is 0 Å². The van der Waals surface area contributed by atoms with Crippen LogP contribution < -0.4 is 0 Å². The number of phenols is 2. The Balaban J connectivity index is 2.62. The fourth-order valence-electron chi connectivity index (χ4n) is 3.53. The summed E-state index contributed by atoms with van der Waals surface area (Å²) in [6.45, 7) is 17.2. The van der Waals surface area contributed by atoms with Gasteiger partial charge in [0.2, 0.25) is 0 Å². The van der Waals surface area contributed by atoms with Gasteiger partial charge >= 0.3 is 0 Å². The van der Waals surface area contributed by atoms with E-state index in [0.29, 0.717) is 17.9 Å². The molecule has 2 nitrogen and oxygen atoms in total. The Morgan fingerprint density at radius 1 is 0.667 bits per heavy atom. The van der Waals surface area contributed by atoms with Crippen LogP contribution in [-0.2, 0) is 30.1 Å². The van der Waals surface area contributed by atoms with Crippen LogP contribution in [0.4, 0.5) is 0 Å². The third-order valence-electron chi connectivity index (χ3n) is 5.35. The van der Waals surface area contributed by atoms with Crippen molar-refractivity contribution >= 4 is 0 Å². The summed E-state index contributed by atoms with van der Waals surface area (Å²) < 4.78 is 0. The van der Waals surface area contributed by atoms with E-state index in [1.807, 2.05) is 0 Å². The summed E-state index contributed by atoms with van der Waals surface area (Å²) >= 11 is 0. The first kappa shape index (κ1) is 21.3. The highest BCUT2D eigenvalue weighted by molar-refractivity contribution is 5.52. The molecule has 0 spiro atoms. The van der Waals surface area contributed by atoms with Crippen molar-refractivity contribution in [1.29, 1.82) is 0 Å². The Bertz CT molecular complexity index is 792. The van der Waals surface area contributed by atoms with E-state index >= 15 is 0 Å². The van der Waals surface area contributed by atoms with Crippen LogP contribution in [0.5, 0.6) is 11.5 Å². The van der Waals surface area contributed by atoms with Gasteiger partial charge in [-0.15, -0.1) is 0 Å². The Kier molecular flexibility index (Phi) is 5.99. The number of benzene rings is 2. The lowest BCUT2D eigenvalue weighted by molar-refractivity contribution is 0.439. The van der Waals surface area contributed by atoms with E-state index in [1.165, 1.54) is 5.56 Å². The third-order valence-corrected chi connectivity index (χ3v) is 5.35. The maximum atomic E-state index is 11.0. The van der Waals surface area contributed by atoms with Crippen molar-refractivity contribution in [3.05, 3.63) is 57.6 Å². The predicted molar refractivity (Wildman–Crippen MR) is 115 cm³/mol. The monoisotopic (exact) mass is 368 g/mol. The standard InChI is InChI=1S/C25H36O2/c1-9-17-11-16(12-18(10-2)22(17)26)13-19-14-20(24(3,4)5)15-21(23(19)27)25(6,7)8/h11-12,14-15,26-27H,9-10,13H2,1-8H3. The summed E-state index contributed by atoms with van der Waals surface area (Å²) in [5.41, 5.74) is 6.18. The summed E-state index contributed by atoms with van der Waals surface area (Å²) in [5.74, 6) is 0.825. The van der Waals surface area contributed by atoms with E-state index < -0.39 is 0 Å². The lowest BCUT2D eigenvalue weighted by Crippen LogP contribution is -2.17. The van der Waals surface area contributed by atoms with Crippen molar-refractivity contribution in [2.75, 3.05) is 0 Å². The second-order valence-electron chi connectivity index (χ2n) is 9.68. The maximum Gasteiger partial charge on any atom is 0.122 e. The lowest BCUT2D eigenvalue weighted by Gasteiger charge is -2.27. The molecule has 27 heavy (non-hydrogen) atoms. The fraction of sp³-hybridized carbons (Fsp3) is 0.520. The second kappa shape index (κ2) is 7.58. The van der Waals surface area contributed by atoms with Crippen LogP contribution in [0.25, 0.3) is 0 Å². The zero-order chi connectivity index (χ0) is 20.6. The molecule has 0 saturated heterocycles. The molecule has 0 aromatic heterocycles. The minimum atomic E-state index is -0.127. The van der Waals surface area contributed by atoms with Crippen LogP contribution >= 0.6 is 0 Å². The highest BCUT2D eigenvalue weighted by Crippen LogP contribution is 2.39. The number of hydrogen-bond acceptors (Lipinski definition) is 2. The predicted octanol–water partition coefficient (Wildman–Crippen LogP) is 6.41. The summed E-state index contributed by atoms with van der Waals surface area (Å²) in [6, 6.07) is 8.46. The largest absolute Gasteiger partial charge is 0.507 e. The average Bonchev–Trinajstić information content (AvgIpc) is 2.55. The lowest BCUT2D eigenvalue weighted by atomic mass is 9.78. The summed E-state index contributed by atoms with van der Waals surface area (Å²) in [5, 5.41) is 21.4. The third kappa shape index (κ3) is 4.66. The minimum Gasteiger partial charge on any atom is -0.507 e. The van der Waals surface area contributed by atoms with Gasteiger partial charge in [-0.05, 0) is 57.1 Å². The van der Waals surface area contributed by atoms with E-state index in [0.717, 1.165) is 40.7 Å². The van der Waals surface area contributed by atoms with Gasteiger partial charge in [0.05, 0.1) is 0 Å². The van der Waals surface area contributed by atoms with Crippen molar-refractivity contribution in [3.63, 3.8) is 0 Å². The van der Waals surface area contributed by atoms with Crippen LogP contribution in [-0.4, -0.2) is 10.2 Å². The van der Waals surface area contributed by atoms with Gasteiger partial charge in [0, 0.05) is 6.42 Å². The van der Waals surface area contributed by atoms with Crippen LogP contribution in [0.15, 0.2) is 24.3 Å². The van der Waals surface area contributed by atoms with Gasteiger partial charge in [0.25, 0.3) is 0 Å². The Morgan fingerprint density at radius 3 is 1.59 bits per heavy atom. The second-order valence-corrected chi connectivity index (χ2v) is 9.68. The maximum absolute atomic E-state index is 11.0. The minimum absolute atomic E-state index is 0.0144. The molecule has 0 unspecified atom stereocenters. The molecular formula is C25H36O2. The van der Waals surface area contributed by atoms with Gasteiger partial charge < -0.3 is 10.2 Å². The van der Waals surface area contributed by atoms with Gasteiger partial charge in [-0.1, -0.05) is 79.7 Å². The number of aromatic hydroxyl groups is 2. The van der Waals surface area contributed by atoms with E-state index in [2.05, 4.69) is 79.7 Å². The van der Waals surface area contributed by atoms with Gasteiger partial charge in [-0.25, -0.2) is 0 Å². The van der Waals surface area contributed by atoms with Crippen LogP contribution in [0.2, 0.25) is 0 Å². The molecule has 0 amide bonds. The van der Waals surface area contributed by atoms with E-state index in [4.69, 9.17) is 0 Å². The van der Waals surface area contributed by atoms with Crippen LogP contribution in [0, 0.1) is 0 Å². The SMILES string of the molecule is CCc1cc(Cc2cc(C(C)(C)C)cc(C(C)(C)C)c2O)cc(CC)c1O. The Hall–Kier alpha value is -1.96. The summed E-state index contributed by atoms with van der Waals surface area (Å²) in [4.78, 5) is 0. The van der Waals surface area contributed by atoms with Crippen molar-refractivity contribution in [2.45, 2.75) is 85.5 Å². The van der Waals surface area contributed by atoms with E-state index in [1.54, 1.807) is 0 Å². The smallest absolute Gasteiger partial charge is 0.122 e.